The van der Waals surface area contributed by atoms with Crippen LogP contribution in [0.25, 0.3) is 0 Å². The summed E-state index contributed by atoms with van der Waals surface area (Å²) in [4.78, 5) is 9.58. The first-order valence-electron chi connectivity index (χ1n) is 5.93. The zero-order valence-corrected chi connectivity index (χ0v) is 13.2. The second-order valence-electron chi connectivity index (χ2n) is 4.44. The third-order valence-corrected chi connectivity index (χ3v) is 5.31. The molecule has 1 aliphatic heterocycles. The maximum Gasteiger partial charge on any atom is 0.386 e. The maximum atomic E-state index is 11.7. The Morgan fingerprint density at radius 3 is 2.58 bits per heavy atom. The molecule has 2 radical (unpaired) electrons. The highest BCUT2D eigenvalue weighted by Gasteiger charge is 2.46. The lowest BCUT2D eigenvalue weighted by Gasteiger charge is -2.25. The van der Waals surface area contributed by atoms with Crippen LogP contribution in [0.3, 0.4) is 0 Å². The largest absolute Gasteiger partial charge is 0.386 e. The molecule has 1 saturated heterocycles. The molecule has 0 aromatic carbocycles. The van der Waals surface area contributed by atoms with Crippen LogP contribution in [0.15, 0.2) is 0 Å². The highest BCUT2D eigenvalue weighted by molar-refractivity contribution is 8.54. The maximum absolute atomic E-state index is 11.7. The van der Waals surface area contributed by atoms with E-state index in [-0.39, 0.29) is 12.7 Å². The van der Waals surface area contributed by atoms with Crippen LogP contribution in [0.2, 0.25) is 0 Å². The van der Waals surface area contributed by atoms with Gasteiger partial charge < -0.3 is 19.1 Å². The zero-order chi connectivity index (χ0) is 14.6. The van der Waals surface area contributed by atoms with Gasteiger partial charge in [0.2, 0.25) is 0 Å². The molecule has 1 heterocycles. The molecule has 19 heavy (non-hydrogen) atoms. The van der Waals surface area contributed by atoms with Gasteiger partial charge >= 0.3 is 6.80 Å². The molecule has 110 valence electrons. The molecule has 1 N–H and O–H groups in total. The topological polar surface area (TPSA) is 74.2 Å². The molecule has 1 aliphatic rings. The van der Waals surface area contributed by atoms with E-state index in [4.69, 9.17) is 26.6 Å². The van der Waals surface area contributed by atoms with E-state index in [1.54, 1.807) is 0 Å². The molecule has 0 aromatic rings. The fourth-order valence-corrected chi connectivity index (χ4v) is 2.98. The lowest BCUT2D eigenvalue weighted by atomic mass is 9.93. The molecule has 9 heteroatoms. The normalized spacial score (nSPS) is 34.6. The van der Waals surface area contributed by atoms with Crippen LogP contribution in [0.4, 0.5) is 0 Å². The van der Waals surface area contributed by atoms with E-state index in [9.17, 15) is 9.46 Å². The van der Waals surface area contributed by atoms with Crippen molar-refractivity contribution >= 4 is 26.0 Å². The van der Waals surface area contributed by atoms with E-state index in [2.05, 4.69) is 0 Å². The quantitative estimate of drug-likeness (QED) is 0.559. The Morgan fingerprint density at radius 1 is 1.47 bits per heavy atom. The molecule has 0 amide bonds. The minimum absolute atomic E-state index is 0.0172. The van der Waals surface area contributed by atoms with Crippen molar-refractivity contribution in [1.82, 2.24) is 0 Å². The average molecular weight is 310 g/mol. The summed E-state index contributed by atoms with van der Waals surface area (Å²) in [5.74, 6) is 0. The van der Waals surface area contributed by atoms with Gasteiger partial charge in [0.15, 0.2) is 0 Å². The molecule has 0 bridgehead atoms. The van der Waals surface area contributed by atoms with Crippen LogP contribution in [0.1, 0.15) is 13.8 Å². The molecule has 0 aliphatic carbocycles. The molecular weight excluding hydrogens is 290 g/mol. The van der Waals surface area contributed by atoms with Gasteiger partial charge in [0.1, 0.15) is 26.2 Å². The number of hydrogen-bond donors (Lipinski definition) is 1. The van der Waals surface area contributed by atoms with Crippen LogP contribution >= 0.6 is 18.2 Å². The van der Waals surface area contributed by atoms with E-state index in [1.807, 2.05) is 13.8 Å². The SMILES string of the molecule is [B][C@@H]1O[C@H](COC(C)C)[C@@H](OP(=O)(O)SC)[C@H]1OC. The molecule has 5 atom stereocenters. The van der Waals surface area contributed by atoms with Crippen LogP contribution in [-0.4, -0.2) is 63.1 Å². The van der Waals surface area contributed by atoms with Gasteiger partial charge in [-0.1, -0.05) is 0 Å². The smallest absolute Gasteiger partial charge is 0.377 e. The number of rotatable bonds is 7. The zero-order valence-electron chi connectivity index (χ0n) is 11.5. The summed E-state index contributed by atoms with van der Waals surface area (Å²) in [5, 5.41) is 0. The Labute approximate surface area is 119 Å². The Hall–Kier alpha value is 0.445. The Kier molecular flexibility index (Phi) is 6.86. The van der Waals surface area contributed by atoms with Gasteiger partial charge in [-0.15, -0.1) is 0 Å². The second kappa shape index (κ2) is 7.45. The summed E-state index contributed by atoms with van der Waals surface area (Å²) in [6, 6.07) is -0.711. The Morgan fingerprint density at radius 2 is 2.11 bits per heavy atom. The molecule has 6 nitrogen and oxygen atoms in total. The highest BCUT2D eigenvalue weighted by Crippen LogP contribution is 2.56. The van der Waals surface area contributed by atoms with Gasteiger partial charge in [0, 0.05) is 13.1 Å². The third kappa shape index (κ3) is 5.04. The van der Waals surface area contributed by atoms with Crippen LogP contribution < -0.4 is 0 Å². The summed E-state index contributed by atoms with van der Waals surface area (Å²) >= 11 is 0.750. The van der Waals surface area contributed by atoms with E-state index in [0.29, 0.717) is 0 Å². The first kappa shape index (κ1) is 17.5. The summed E-state index contributed by atoms with van der Waals surface area (Å²) in [5.41, 5.74) is 0. The molecular formula is C10H20BO6PS. The van der Waals surface area contributed by atoms with Crippen molar-refractivity contribution in [2.24, 2.45) is 0 Å². The lowest BCUT2D eigenvalue weighted by Crippen LogP contribution is -2.38. The highest BCUT2D eigenvalue weighted by atomic mass is 32.7. The fraction of sp³-hybridized carbons (Fsp3) is 1.00. The molecule has 1 fully saturated rings. The predicted molar refractivity (Wildman–Crippen MR) is 74.5 cm³/mol. The predicted octanol–water partition coefficient (Wildman–Crippen LogP) is 1.17. The Balaban J connectivity index is 2.75. The summed E-state index contributed by atoms with van der Waals surface area (Å²) in [7, 11) is 7.23. The van der Waals surface area contributed by atoms with E-state index < -0.39 is 31.1 Å². The minimum atomic E-state index is -3.74. The Bertz CT molecular complexity index is 331. The average Bonchev–Trinajstić information content (AvgIpc) is 2.62. The lowest BCUT2D eigenvalue weighted by molar-refractivity contribution is -0.0440. The van der Waals surface area contributed by atoms with Crippen molar-refractivity contribution in [3.05, 3.63) is 0 Å². The van der Waals surface area contributed by atoms with Gasteiger partial charge in [-0.3, -0.25) is 4.52 Å². The third-order valence-electron chi connectivity index (χ3n) is 2.70. The number of methoxy groups -OCH3 is 1. The van der Waals surface area contributed by atoms with Gasteiger partial charge in [0.25, 0.3) is 0 Å². The van der Waals surface area contributed by atoms with E-state index in [1.165, 1.54) is 13.4 Å². The van der Waals surface area contributed by atoms with Crippen molar-refractivity contribution in [3.63, 3.8) is 0 Å². The molecule has 0 aromatic heterocycles. The number of hydrogen-bond acceptors (Lipinski definition) is 6. The first-order chi connectivity index (χ1) is 8.80. The van der Waals surface area contributed by atoms with Crippen molar-refractivity contribution in [2.75, 3.05) is 20.0 Å². The van der Waals surface area contributed by atoms with Crippen LogP contribution in [0, 0.1) is 0 Å². The first-order valence-corrected chi connectivity index (χ1v) is 9.34. The van der Waals surface area contributed by atoms with E-state index >= 15 is 0 Å². The molecule has 1 rings (SSSR count). The standard InChI is InChI=1S/C10H20BO6PS/c1-6(2)15-5-7-8(17-18(12,13)19-4)9(14-3)10(11)16-7/h6-10H,5H2,1-4H3,(H,12,13)/t7-,8-,9-,10-/m1/s1. The summed E-state index contributed by atoms with van der Waals surface area (Å²) < 4.78 is 33.0. The second-order valence-corrected chi connectivity index (χ2v) is 8.44. The van der Waals surface area contributed by atoms with Crippen molar-refractivity contribution in [1.29, 1.82) is 0 Å². The monoisotopic (exact) mass is 310 g/mol. The van der Waals surface area contributed by atoms with Crippen molar-refractivity contribution in [3.8, 4) is 0 Å². The van der Waals surface area contributed by atoms with Gasteiger partial charge in [-0.25, -0.2) is 4.57 Å². The van der Waals surface area contributed by atoms with Gasteiger partial charge in [-0.2, -0.15) is 0 Å². The van der Waals surface area contributed by atoms with Crippen molar-refractivity contribution in [2.45, 2.75) is 44.3 Å². The van der Waals surface area contributed by atoms with Gasteiger partial charge in [0.05, 0.1) is 12.7 Å². The van der Waals surface area contributed by atoms with Crippen LogP contribution in [-0.2, 0) is 23.3 Å². The summed E-state index contributed by atoms with van der Waals surface area (Å²) in [6.45, 7) is 0.260. The number of ether oxygens (including phenoxy) is 3. The van der Waals surface area contributed by atoms with Gasteiger partial charge in [-0.05, 0) is 31.5 Å². The molecule has 0 saturated carbocycles. The van der Waals surface area contributed by atoms with Crippen molar-refractivity contribution < 1.29 is 28.2 Å². The molecule has 1 unspecified atom stereocenters. The summed E-state index contributed by atoms with van der Waals surface area (Å²) in [6.07, 6.45) is -0.355. The minimum Gasteiger partial charge on any atom is -0.377 e. The molecule has 0 spiro atoms. The van der Waals surface area contributed by atoms with Crippen LogP contribution in [0.5, 0.6) is 0 Å². The fourth-order valence-electron chi connectivity index (χ4n) is 1.77. The van der Waals surface area contributed by atoms with E-state index in [0.717, 1.165) is 11.4 Å².